The van der Waals surface area contributed by atoms with Crippen LogP contribution in [-0.2, 0) is 0 Å². The highest BCUT2D eigenvalue weighted by Gasteiger charge is 2.31. The van der Waals surface area contributed by atoms with Gasteiger partial charge in [0.25, 0.3) is 5.91 Å². The van der Waals surface area contributed by atoms with Gasteiger partial charge in [0.15, 0.2) is 0 Å². The first-order valence-electron chi connectivity index (χ1n) is 8.48. The van der Waals surface area contributed by atoms with Crippen molar-refractivity contribution in [2.45, 2.75) is 6.04 Å². The van der Waals surface area contributed by atoms with Gasteiger partial charge in [-0.2, -0.15) is 0 Å². The highest BCUT2D eigenvalue weighted by molar-refractivity contribution is 5.94. The number of likely N-dealkylation sites (N-methyl/N-ethyl adjacent to an activating group) is 1. The highest BCUT2D eigenvalue weighted by Crippen LogP contribution is 2.26. The standard InChI is InChI=1S/C20H20N4O/c1-23-11-12-24(19(14-23)15-7-3-2-4-8-15)20(25)18-13-21-16-9-5-6-10-17(16)22-18/h2-10,13,19H,11-12,14H2,1H3/t19-/m1/s1. The van der Waals surface area contributed by atoms with Crippen LogP contribution in [0.2, 0.25) is 0 Å². The van der Waals surface area contributed by atoms with E-state index in [1.54, 1.807) is 6.20 Å². The number of carbonyl (C=O) groups excluding carboxylic acids is 1. The Morgan fingerprint density at radius 3 is 2.52 bits per heavy atom. The minimum Gasteiger partial charge on any atom is -0.328 e. The molecule has 25 heavy (non-hydrogen) atoms. The first-order valence-corrected chi connectivity index (χ1v) is 8.48. The fourth-order valence-electron chi connectivity index (χ4n) is 3.33. The van der Waals surface area contributed by atoms with E-state index < -0.39 is 0 Å². The second-order valence-electron chi connectivity index (χ2n) is 6.43. The van der Waals surface area contributed by atoms with Crippen LogP contribution in [0.15, 0.2) is 60.8 Å². The van der Waals surface area contributed by atoms with Gasteiger partial charge in [0.05, 0.1) is 23.3 Å². The summed E-state index contributed by atoms with van der Waals surface area (Å²) in [5.74, 6) is -0.0554. The predicted octanol–water partition coefficient (Wildman–Crippen LogP) is 2.76. The van der Waals surface area contributed by atoms with Crippen LogP contribution in [0.4, 0.5) is 0 Å². The first kappa shape index (κ1) is 15.7. The minimum atomic E-state index is -0.0554. The smallest absolute Gasteiger partial charge is 0.274 e. The molecule has 5 nitrogen and oxygen atoms in total. The fourth-order valence-corrected chi connectivity index (χ4v) is 3.33. The second kappa shape index (κ2) is 6.61. The minimum absolute atomic E-state index is 0.0284. The molecule has 0 aliphatic carbocycles. The van der Waals surface area contributed by atoms with E-state index >= 15 is 0 Å². The zero-order chi connectivity index (χ0) is 17.2. The molecule has 1 amide bonds. The number of rotatable bonds is 2. The third-order valence-corrected chi connectivity index (χ3v) is 4.70. The van der Waals surface area contributed by atoms with Gasteiger partial charge in [0, 0.05) is 19.6 Å². The summed E-state index contributed by atoms with van der Waals surface area (Å²) in [6, 6.07) is 17.8. The van der Waals surface area contributed by atoms with Crippen LogP contribution < -0.4 is 0 Å². The summed E-state index contributed by atoms with van der Waals surface area (Å²) >= 11 is 0. The van der Waals surface area contributed by atoms with Crippen molar-refractivity contribution in [3.63, 3.8) is 0 Å². The van der Waals surface area contributed by atoms with Crippen molar-refractivity contribution in [1.29, 1.82) is 0 Å². The molecule has 0 N–H and O–H groups in total. The summed E-state index contributed by atoms with van der Waals surface area (Å²) in [7, 11) is 2.09. The lowest BCUT2D eigenvalue weighted by Crippen LogP contribution is -2.49. The summed E-state index contributed by atoms with van der Waals surface area (Å²) < 4.78 is 0. The topological polar surface area (TPSA) is 49.3 Å². The molecule has 0 spiro atoms. The van der Waals surface area contributed by atoms with Gasteiger partial charge in [-0.05, 0) is 24.7 Å². The first-order chi connectivity index (χ1) is 12.2. The molecule has 1 aromatic heterocycles. The Kier molecular flexibility index (Phi) is 4.15. The molecule has 0 unspecified atom stereocenters. The molecule has 1 saturated heterocycles. The number of para-hydroxylation sites is 2. The zero-order valence-electron chi connectivity index (χ0n) is 14.2. The van der Waals surface area contributed by atoms with Gasteiger partial charge in [-0.3, -0.25) is 9.78 Å². The molecular formula is C20H20N4O. The van der Waals surface area contributed by atoms with E-state index in [1.807, 2.05) is 47.4 Å². The van der Waals surface area contributed by atoms with Crippen LogP contribution in [0.5, 0.6) is 0 Å². The van der Waals surface area contributed by atoms with E-state index in [4.69, 9.17) is 0 Å². The van der Waals surface area contributed by atoms with Crippen LogP contribution in [0.3, 0.4) is 0 Å². The molecule has 2 heterocycles. The molecular weight excluding hydrogens is 312 g/mol. The largest absolute Gasteiger partial charge is 0.328 e. The molecule has 1 aliphatic heterocycles. The van der Waals surface area contributed by atoms with E-state index in [0.29, 0.717) is 12.2 Å². The summed E-state index contributed by atoms with van der Waals surface area (Å²) in [4.78, 5) is 26.2. The number of amides is 1. The van der Waals surface area contributed by atoms with Crippen LogP contribution >= 0.6 is 0 Å². The van der Waals surface area contributed by atoms with Gasteiger partial charge in [-0.1, -0.05) is 42.5 Å². The Balaban J connectivity index is 1.68. The molecule has 0 radical (unpaired) electrons. The molecule has 2 aromatic carbocycles. The molecule has 0 bridgehead atoms. The summed E-state index contributed by atoms with van der Waals surface area (Å²) in [5, 5.41) is 0. The number of carbonyl (C=O) groups is 1. The van der Waals surface area contributed by atoms with Crippen LogP contribution in [0.25, 0.3) is 11.0 Å². The van der Waals surface area contributed by atoms with E-state index in [-0.39, 0.29) is 11.9 Å². The summed E-state index contributed by atoms with van der Waals surface area (Å²) in [5.41, 5.74) is 3.11. The van der Waals surface area contributed by atoms with Crippen molar-refractivity contribution in [2.24, 2.45) is 0 Å². The number of hydrogen-bond acceptors (Lipinski definition) is 4. The SMILES string of the molecule is CN1CCN(C(=O)c2cnc3ccccc3n2)[C@@H](c2ccccc2)C1. The zero-order valence-corrected chi connectivity index (χ0v) is 14.2. The third-order valence-electron chi connectivity index (χ3n) is 4.70. The average molecular weight is 332 g/mol. The van der Waals surface area contributed by atoms with Gasteiger partial charge in [0.2, 0.25) is 0 Å². The highest BCUT2D eigenvalue weighted by atomic mass is 16.2. The lowest BCUT2D eigenvalue weighted by Gasteiger charge is -2.40. The van der Waals surface area contributed by atoms with Crippen molar-refractivity contribution in [3.8, 4) is 0 Å². The monoisotopic (exact) mass is 332 g/mol. The Hall–Kier alpha value is -2.79. The third kappa shape index (κ3) is 3.10. The molecule has 5 heteroatoms. The maximum Gasteiger partial charge on any atom is 0.274 e. The average Bonchev–Trinajstić information content (AvgIpc) is 2.67. The maximum atomic E-state index is 13.1. The number of aromatic nitrogens is 2. The Bertz CT molecular complexity index is 896. The van der Waals surface area contributed by atoms with Crippen LogP contribution in [-0.4, -0.2) is 52.4 Å². The fraction of sp³-hybridized carbons (Fsp3) is 0.250. The van der Waals surface area contributed by atoms with Crippen LogP contribution in [0.1, 0.15) is 22.1 Å². The summed E-state index contributed by atoms with van der Waals surface area (Å²) in [6.45, 7) is 2.36. The number of hydrogen-bond donors (Lipinski definition) is 0. The number of benzene rings is 2. The van der Waals surface area contributed by atoms with Gasteiger partial charge in [-0.15, -0.1) is 0 Å². The molecule has 0 saturated carbocycles. The molecule has 126 valence electrons. The number of piperazine rings is 1. The maximum absolute atomic E-state index is 13.1. The second-order valence-corrected chi connectivity index (χ2v) is 6.43. The van der Waals surface area contributed by atoms with Gasteiger partial charge < -0.3 is 9.80 Å². The Morgan fingerprint density at radius 2 is 1.72 bits per heavy atom. The van der Waals surface area contributed by atoms with E-state index in [2.05, 4.69) is 34.0 Å². The Morgan fingerprint density at radius 1 is 1.00 bits per heavy atom. The van der Waals surface area contributed by atoms with Crippen molar-refractivity contribution in [1.82, 2.24) is 19.8 Å². The van der Waals surface area contributed by atoms with Crippen molar-refractivity contribution < 1.29 is 4.79 Å². The van der Waals surface area contributed by atoms with Crippen molar-refractivity contribution in [3.05, 3.63) is 72.1 Å². The van der Waals surface area contributed by atoms with Crippen molar-refractivity contribution in [2.75, 3.05) is 26.7 Å². The lowest BCUT2D eigenvalue weighted by molar-refractivity contribution is 0.0492. The number of fused-ring (bicyclic) bond motifs is 1. The quantitative estimate of drug-likeness (QED) is 0.724. The molecule has 3 aromatic rings. The predicted molar refractivity (Wildman–Crippen MR) is 97.3 cm³/mol. The number of nitrogens with zero attached hydrogens (tertiary/aromatic N) is 4. The lowest BCUT2D eigenvalue weighted by atomic mass is 10.0. The van der Waals surface area contributed by atoms with Gasteiger partial charge in [0.1, 0.15) is 5.69 Å². The van der Waals surface area contributed by atoms with E-state index in [0.717, 1.165) is 29.7 Å². The molecule has 1 fully saturated rings. The normalized spacial score (nSPS) is 18.4. The van der Waals surface area contributed by atoms with E-state index in [9.17, 15) is 4.79 Å². The van der Waals surface area contributed by atoms with Crippen LogP contribution in [0, 0.1) is 0 Å². The molecule has 1 aliphatic rings. The van der Waals surface area contributed by atoms with Crippen molar-refractivity contribution >= 4 is 16.9 Å². The van der Waals surface area contributed by atoms with E-state index in [1.165, 1.54) is 0 Å². The van der Waals surface area contributed by atoms with Gasteiger partial charge >= 0.3 is 0 Å². The summed E-state index contributed by atoms with van der Waals surface area (Å²) in [6.07, 6.45) is 1.59. The molecule has 1 atom stereocenters. The van der Waals surface area contributed by atoms with Gasteiger partial charge in [-0.25, -0.2) is 4.98 Å². The Labute approximate surface area is 146 Å². The molecule has 4 rings (SSSR count).